The predicted octanol–water partition coefficient (Wildman–Crippen LogP) is 16.3. The fraction of sp³-hybridized carbons (Fsp3) is 0.356. The first-order chi connectivity index (χ1) is 57.2. The van der Waals surface area contributed by atoms with Gasteiger partial charge in [0.1, 0.15) is 40.8 Å². The number of fused-ring (bicyclic) bond motifs is 3. The Balaban J connectivity index is 0.000000145. The van der Waals surface area contributed by atoms with Crippen LogP contribution in [0.25, 0.3) is 66.9 Å². The Kier molecular flexibility index (Phi) is 27.1. The minimum atomic E-state index is -0.366. The molecule has 2 N–H and O–H groups in total. The quantitative estimate of drug-likeness (QED) is 0.0439. The number of amides is 1. The van der Waals surface area contributed by atoms with Crippen LogP contribution in [0.5, 0.6) is 28.7 Å². The Morgan fingerprint density at radius 1 is 0.538 bits per heavy atom. The number of rotatable bonds is 30. The molecule has 13 aromatic rings. The topological polar surface area (TPSA) is 255 Å². The summed E-state index contributed by atoms with van der Waals surface area (Å²) < 4.78 is 59.3. The number of halogens is 1. The summed E-state index contributed by atoms with van der Waals surface area (Å²) in [4.78, 5) is 51.7. The highest BCUT2D eigenvalue weighted by atomic mass is 19.1. The molecule has 117 heavy (non-hydrogen) atoms. The molecule has 0 radical (unpaired) electrons. The molecule has 3 aliphatic heterocycles. The Labute approximate surface area is 681 Å². The minimum absolute atomic E-state index is 0.0322. The molecule has 0 spiro atoms. The van der Waals surface area contributed by atoms with Crippen LogP contribution in [-0.4, -0.2) is 183 Å². The second kappa shape index (κ2) is 39.0. The molecule has 6 aromatic heterocycles. The van der Waals surface area contributed by atoms with E-state index in [-0.39, 0.29) is 24.0 Å². The van der Waals surface area contributed by atoms with Crippen LogP contribution in [0.1, 0.15) is 90.0 Å². The lowest BCUT2D eigenvalue weighted by molar-refractivity contribution is -0.127. The third-order valence-corrected chi connectivity index (χ3v) is 21.1. The normalized spacial score (nSPS) is 14.3. The summed E-state index contributed by atoms with van der Waals surface area (Å²) >= 11 is 0. The van der Waals surface area contributed by atoms with Gasteiger partial charge in [-0.1, -0.05) is 30.3 Å². The van der Waals surface area contributed by atoms with E-state index in [0.717, 1.165) is 211 Å². The van der Waals surface area contributed by atoms with Gasteiger partial charge >= 0.3 is 0 Å². The maximum absolute atomic E-state index is 14.3. The van der Waals surface area contributed by atoms with Crippen molar-refractivity contribution in [2.45, 2.75) is 97.5 Å². The zero-order valence-corrected chi connectivity index (χ0v) is 67.9. The fourth-order valence-corrected chi connectivity index (χ4v) is 14.8. The van der Waals surface area contributed by atoms with Gasteiger partial charge in [-0.25, -0.2) is 24.0 Å². The monoisotopic (exact) mass is 1580 g/mol. The number of carbonyl (C=O) groups is 1. The van der Waals surface area contributed by atoms with Crippen LogP contribution in [0, 0.1) is 11.7 Å². The number of carbonyl (C=O) groups excluding carboxylic acids is 1. The van der Waals surface area contributed by atoms with Gasteiger partial charge in [-0.3, -0.25) is 29.1 Å². The summed E-state index contributed by atoms with van der Waals surface area (Å²) in [5.41, 5.74) is 22.5. The number of hydrogen-bond donors (Lipinski definition) is 1. The summed E-state index contributed by atoms with van der Waals surface area (Å²) in [6.45, 7) is 15.5. The molecule has 1 unspecified atom stereocenters. The lowest BCUT2D eigenvalue weighted by Crippen LogP contribution is -2.30. The largest absolute Gasteiger partial charge is 0.497 e. The van der Waals surface area contributed by atoms with E-state index in [0.29, 0.717) is 61.5 Å². The van der Waals surface area contributed by atoms with Gasteiger partial charge in [-0.2, -0.15) is 15.3 Å². The third kappa shape index (κ3) is 20.7. The Hall–Kier alpha value is -12.2. The second-order valence-corrected chi connectivity index (χ2v) is 29.6. The number of likely N-dealkylation sites (N-methyl/N-ethyl adjacent to an activating group) is 1. The molecule has 0 bridgehead atoms. The molecule has 3 fully saturated rings. The first kappa shape index (κ1) is 81.4. The number of benzene rings is 7. The summed E-state index contributed by atoms with van der Waals surface area (Å²) in [5, 5.41) is 13.6. The molecule has 1 amide bonds. The first-order valence-corrected chi connectivity index (χ1v) is 40.2. The van der Waals surface area contributed by atoms with Crippen LogP contribution in [-0.2, 0) is 27.4 Å². The number of nitrogens with zero attached hydrogens (tertiary/aromatic N) is 17. The molecule has 27 heteroatoms. The molecule has 608 valence electrons. The zero-order valence-electron chi connectivity index (χ0n) is 67.9. The van der Waals surface area contributed by atoms with Gasteiger partial charge in [-0.05, 0) is 145 Å². The molecule has 3 aliphatic rings. The molecule has 9 heterocycles. The van der Waals surface area contributed by atoms with Crippen molar-refractivity contribution in [3.05, 3.63) is 207 Å². The van der Waals surface area contributed by atoms with Gasteiger partial charge in [0.25, 0.3) is 0 Å². The molecule has 0 aliphatic carbocycles. The van der Waals surface area contributed by atoms with E-state index in [1.54, 1.807) is 47.0 Å². The van der Waals surface area contributed by atoms with Crippen molar-refractivity contribution in [2.75, 3.05) is 122 Å². The van der Waals surface area contributed by atoms with Gasteiger partial charge in [0.2, 0.25) is 5.91 Å². The molecule has 1 atom stereocenters. The highest BCUT2D eigenvalue weighted by molar-refractivity contribution is 5.86. The molecule has 26 nitrogen and oxygen atoms in total. The highest BCUT2D eigenvalue weighted by Crippen LogP contribution is 2.39. The number of ether oxygens (including phenoxy) is 7. The van der Waals surface area contributed by atoms with Crippen LogP contribution in [0.15, 0.2) is 195 Å². The molecule has 7 aromatic carbocycles. The van der Waals surface area contributed by atoms with E-state index in [1.165, 1.54) is 17.7 Å². The average molecular weight is 1580 g/mol. The maximum Gasteiger partial charge on any atom is 0.222 e. The molecule has 16 rings (SSSR count). The van der Waals surface area contributed by atoms with Crippen molar-refractivity contribution in [3.8, 4) is 62.5 Å². The van der Waals surface area contributed by atoms with E-state index >= 15 is 0 Å². The Morgan fingerprint density at radius 2 is 1.08 bits per heavy atom. The van der Waals surface area contributed by atoms with Crippen LogP contribution in [0.4, 0.5) is 38.5 Å². The van der Waals surface area contributed by atoms with Crippen molar-refractivity contribution in [3.63, 3.8) is 0 Å². The van der Waals surface area contributed by atoms with Crippen LogP contribution in [0.2, 0.25) is 0 Å². The lowest BCUT2D eigenvalue weighted by atomic mass is 10.0. The summed E-state index contributed by atoms with van der Waals surface area (Å²) in [6, 6.07) is 45.5. The molecule has 3 saturated heterocycles. The number of likely N-dealkylation sites (tertiary alicyclic amines) is 1. The van der Waals surface area contributed by atoms with Crippen molar-refractivity contribution in [1.82, 2.24) is 69.0 Å². The van der Waals surface area contributed by atoms with Gasteiger partial charge in [0.05, 0.1) is 122 Å². The van der Waals surface area contributed by atoms with E-state index in [9.17, 15) is 9.18 Å². The van der Waals surface area contributed by atoms with E-state index in [1.807, 2.05) is 135 Å². The highest BCUT2D eigenvalue weighted by Gasteiger charge is 2.25. The van der Waals surface area contributed by atoms with E-state index in [2.05, 4.69) is 122 Å². The summed E-state index contributed by atoms with van der Waals surface area (Å²) in [6.07, 6.45) is 24.6. The summed E-state index contributed by atoms with van der Waals surface area (Å²) in [7, 11) is 8.80. The first-order valence-electron chi connectivity index (χ1n) is 40.2. The maximum atomic E-state index is 14.3. The second-order valence-electron chi connectivity index (χ2n) is 29.6. The van der Waals surface area contributed by atoms with Crippen LogP contribution in [0.3, 0.4) is 0 Å². The lowest BCUT2D eigenvalue weighted by Gasteiger charge is -2.28. The van der Waals surface area contributed by atoms with Gasteiger partial charge in [0.15, 0.2) is 0 Å². The van der Waals surface area contributed by atoms with E-state index in [4.69, 9.17) is 58.8 Å². The molecular weight excluding hydrogens is 1480 g/mol. The van der Waals surface area contributed by atoms with Crippen molar-refractivity contribution >= 4 is 73.1 Å². The van der Waals surface area contributed by atoms with Gasteiger partial charge in [0, 0.05) is 209 Å². The average Bonchev–Trinajstić information content (AvgIpc) is 1.74. The van der Waals surface area contributed by atoms with Crippen LogP contribution >= 0.6 is 0 Å². The number of hydrogen-bond acceptors (Lipinski definition) is 22. The minimum Gasteiger partial charge on any atom is -0.497 e. The fourth-order valence-electron chi connectivity index (χ4n) is 14.8. The number of nitrogens with two attached hydrogens (primary N) is 1. The van der Waals surface area contributed by atoms with Crippen molar-refractivity contribution < 1.29 is 42.3 Å². The molecular formula is C90H103FN18O8. The third-order valence-electron chi connectivity index (χ3n) is 21.1. The standard InChI is InChI=1S/C35H40N6O3.C29H34N6O3.C26H29FN6O2/c1-39(23-26-7-5-4-6-8-26)13-14-41(30-17-31(42-2)20-32(18-30)43-3)29-9-10-33-34(19-29)38-35(22-36-33)28-21-37-40(25-28)24-27-11-15-44-16-12-27;1-20(2)35-19-21(17-31-35)28-18-30-26-9-8-22(15-27(26)32-28)34(12-6-11-33-10-5-7-29(33)36)23-13-24(37-3)16-25(14-23)38-4;1-2-34-22-12-19(27)11-21(13-22)32(9-8-28)20-6-7-23-24(14-20)31-25(16-29-23)18-15-30-33(17-18)26-5-3-4-10-35-26/h4-10,17-22,25,27H,11-16,23-24H2,1-3H3;8-9,13-20H,5-7,10-12H2,1-4H3;6-7,11-17,26H,2-5,8-10,28H2,1H3. The van der Waals surface area contributed by atoms with Gasteiger partial charge in [-0.15, -0.1) is 0 Å². The smallest absolute Gasteiger partial charge is 0.222 e. The van der Waals surface area contributed by atoms with E-state index < -0.39 is 0 Å². The molecule has 0 saturated carbocycles. The number of aromatic nitrogens is 12. The Bertz CT molecular complexity index is 5420. The van der Waals surface area contributed by atoms with Gasteiger partial charge < -0.3 is 63.4 Å². The number of methoxy groups -OCH3 is 4. The number of anilines is 6. The SMILES string of the molecule is CCOc1cc(F)cc(N(CCN)c2ccc3ncc(-c4cnn(C5CCCCO5)c4)nc3c2)c1.COc1cc(OC)cc(N(CCCN2CCCC2=O)c2ccc3ncc(-c4cnn(C(C)C)c4)nc3c2)c1.COc1cc(OC)cc(N(CCN(C)Cc2ccccc2)c2ccc3ncc(-c4cnn(CC5CCOCC5)c4)nc3c2)c1. The predicted molar refractivity (Wildman–Crippen MR) is 455 cm³/mol. The zero-order chi connectivity index (χ0) is 81.2. The summed E-state index contributed by atoms with van der Waals surface area (Å²) in [5.74, 6) is 3.85. The van der Waals surface area contributed by atoms with Crippen molar-refractivity contribution in [2.24, 2.45) is 11.7 Å². The Morgan fingerprint density at radius 3 is 1.61 bits per heavy atom. The van der Waals surface area contributed by atoms with Crippen molar-refractivity contribution in [1.29, 1.82) is 0 Å². The van der Waals surface area contributed by atoms with Crippen LogP contribution < -0.4 is 44.1 Å².